The molecular weight excluding hydrogens is 262 g/mol. The Morgan fingerprint density at radius 3 is 2.40 bits per heavy atom. The lowest BCUT2D eigenvalue weighted by molar-refractivity contribution is 0.0694. The first-order chi connectivity index (χ1) is 9.42. The molecule has 6 nitrogen and oxygen atoms in total. The van der Waals surface area contributed by atoms with Crippen LogP contribution in [0.4, 0.5) is 0 Å². The topological polar surface area (TPSA) is 77.8 Å². The fourth-order valence-corrected chi connectivity index (χ4v) is 2.31. The lowest BCUT2D eigenvalue weighted by Gasteiger charge is -2.15. The predicted molar refractivity (Wildman–Crippen MR) is 74.0 cm³/mol. The molecule has 0 aliphatic heterocycles. The Balaban J connectivity index is 3.07. The van der Waals surface area contributed by atoms with E-state index in [-0.39, 0.29) is 5.56 Å². The summed E-state index contributed by atoms with van der Waals surface area (Å²) in [5.74, 6) is -0.246. The average molecular weight is 277 g/mol. The lowest BCUT2D eigenvalue weighted by atomic mass is 10.0. The highest BCUT2D eigenvalue weighted by molar-refractivity contribution is 5.99. The zero-order valence-electron chi connectivity index (χ0n) is 11.7. The van der Waals surface area contributed by atoms with E-state index in [4.69, 9.17) is 9.47 Å². The first kappa shape index (κ1) is 13.9. The van der Waals surface area contributed by atoms with E-state index >= 15 is 0 Å². The van der Waals surface area contributed by atoms with Gasteiger partial charge in [-0.15, -0.1) is 0 Å². The van der Waals surface area contributed by atoms with Crippen molar-refractivity contribution in [2.24, 2.45) is 7.05 Å². The molecule has 2 rings (SSSR count). The number of carboxylic acid groups (broad SMARTS) is 1. The van der Waals surface area contributed by atoms with Gasteiger partial charge in [0.15, 0.2) is 0 Å². The van der Waals surface area contributed by atoms with Crippen molar-refractivity contribution in [2.75, 3.05) is 14.2 Å². The molecule has 0 saturated heterocycles. The van der Waals surface area contributed by atoms with Gasteiger partial charge in [-0.05, 0) is 12.5 Å². The van der Waals surface area contributed by atoms with Crippen LogP contribution in [0, 0.1) is 6.92 Å². The van der Waals surface area contributed by atoms with Gasteiger partial charge < -0.3 is 19.1 Å². The van der Waals surface area contributed by atoms with Crippen LogP contribution in [0.2, 0.25) is 0 Å². The third kappa shape index (κ3) is 1.89. The van der Waals surface area contributed by atoms with Crippen molar-refractivity contribution in [3.8, 4) is 11.5 Å². The van der Waals surface area contributed by atoms with Gasteiger partial charge in [-0.25, -0.2) is 4.79 Å². The van der Waals surface area contributed by atoms with E-state index < -0.39 is 11.5 Å². The first-order valence-electron chi connectivity index (χ1n) is 5.91. The second kappa shape index (κ2) is 4.88. The van der Waals surface area contributed by atoms with Crippen molar-refractivity contribution in [1.29, 1.82) is 0 Å². The molecular formula is C14H15NO5. The van der Waals surface area contributed by atoms with Crippen LogP contribution in [0.3, 0.4) is 0 Å². The Labute approximate surface area is 115 Å². The predicted octanol–water partition coefficient (Wildman–Crippen LogP) is 1.56. The highest BCUT2D eigenvalue weighted by Crippen LogP contribution is 2.33. The van der Waals surface area contributed by atoms with E-state index in [1.165, 1.54) is 25.8 Å². The number of nitrogens with zero attached hydrogens (tertiary/aromatic N) is 1. The van der Waals surface area contributed by atoms with E-state index in [0.717, 1.165) is 0 Å². The number of aryl methyl sites for hydroxylation is 2. The number of benzene rings is 1. The lowest BCUT2D eigenvalue weighted by Crippen LogP contribution is -2.26. The molecule has 0 radical (unpaired) electrons. The average Bonchev–Trinajstić information content (AvgIpc) is 2.43. The molecule has 106 valence electrons. The fourth-order valence-electron chi connectivity index (χ4n) is 2.31. The summed E-state index contributed by atoms with van der Waals surface area (Å²) in [5, 5.41) is 9.81. The van der Waals surface area contributed by atoms with Crippen molar-refractivity contribution < 1.29 is 19.4 Å². The number of pyridine rings is 1. The number of ether oxygens (including phenoxy) is 2. The maximum atomic E-state index is 12.1. The molecule has 0 saturated carbocycles. The number of fused-ring (bicyclic) bond motifs is 1. The molecule has 1 heterocycles. The molecule has 6 heteroatoms. The number of rotatable bonds is 3. The Morgan fingerprint density at radius 2 is 1.90 bits per heavy atom. The van der Waals surface area contributed by atoms with E-state index in [0.29, 0.717) is 28.0 Å². The summed E-state index contributed by atoms with van der Waals surface area (Å²) in [6, 6.07) is 3.34. The van der Waals surface area contributed by atoms with Gasteiger partial charge >= 0.3 is 5.97 Å². The zero-order valence-corrected chi connectivity index (χ0v) is 11.7. The summed E-state index contributed by atoms with van der Waals surface area (Å²) in [6.07, 6.45) is 0. The third-order valence-corrected chi connectivity index (χ3v) is 3.35. The van der Waals surface area contributed by atoms with Crippen LogP contribution < -0.4 is 15.0 Å². The number of carbonyl (C=O) groups is 1. The van der Waals surface area contributed by atoms with Crippen molar-refractivity contribution >= 4 is 16.9 Å². The number of hydrogen-bond donors (Lipinski definition) is 1. The molecule has 1 aromatic heterocycles. The fraction of sp³-hybridized carbons (Fsp3) is 0.286. The summed E-state index contributed by atoms with van der Waals surface area (Å²) in [4.78, 5) is 23.4. The van der Waals surface area contributed by atoms with E-state index in [2.05, 4.69) is 0 Å². The van der Waals surface area contributed by atoms with Gasteiger partial charge in [0.05, 0.1) is 19.7 Å². The normalized spacial score (nSPS) is 10.6. The second-order valence-electron chi connectivity index (χ2n) is 4.39. The van der Waals surface area contributed by atoms with Crippen LogP contribution in [-0.2, 0) is 7.05 Å². The minimum absolute atomic E-state index is 0.247. The standard InChI is InChI=1S/C14H15NO5/c1-7-11-9(5-8(19-3)6-10(11)20-4)15(2)13(16)12(7)14(17)18/h5-6H,1-4H3,(H,17,18). The van der Waals surface area contributed by atoms with Crippen LogP contribution in [0.1, 0.15) is 15.9 Å². The van der Waals surface area contributed by atoms with Gasteiger partial charge in [0.25, 0.3) is 5.56 Å². The smallest absolute Gasteiger partial charge is 0.341 e. The molecule has 0 aliphatic rings. The molecule has 1 aromatic carbocycles. The highest BCUT2D eigenvalue weighted by atomic mass is 16.5. The number of aromatic nitrogens is 1. The van der Waals surface area contributed by atoms with Gasteiger partial charge in [0.2, 0.25) is 0 Å². The van der Waals surface area contributed by atoms with Crippen LogP contribution in [-0.4, -0.2) is 29.9 Å². The summed E-state index contributed by atoms with van der Waals surface area (Å²) >= 11 is 0. The summed E-state index contributed by atoms with van der Waals surface area (Å²) < 4.78 is 11.7. The minimum atomic E-state index is -1.25. The van der Waals surface area contributed by atoms with E-state index in [1.807, 2.05) is 0 Å². The third-order valence-electron chi connectivity index (χ3n) is 3.35. The van der Waals surface area contributed by atoms with Crippen LogP contribution in [0.15, 0.2) is 16.9 Å². The van der Waals surface area contributed by atoms with Crippen LogP contribution >= 0.6 is 0 Å². The maximum Gasteiger partial charge on any atom is 0.341 e. The summed E-state index contributed by atoms with van der Waals surface area (Å²) in [5.41, 5.74) is 0.144. The Bertz CT molecular complexity index is 760. The molecule has 20 heavy (non-hydrogen) atoms. The molecule has 0 fully saturated rings. The molecule has 1 N–H and O–H groups in total. The van der Waals surface area contributed by atoms with Crippen molar-refractivity contribution in [1.82, 2.24) is 4.57 Å². The van der Waals surface area contributed by atoms with Crippen LogP contribution in [0.5, 0.6) is 11.5 Å². The van der Waals surface area contributed by atoms with Gasteiger partial charge in [0, 0.05) is 24.6 Å². The second-order valence-corrected chi connectivity index (χ2v) is 4.39. The number of aromatic carboxylic acids is 1. The highest BCUT2D eigenvalue weighted by Gasteiger charge is 2.21. The van der Waals surface area contributed by atoms with Gasteiger partial charge in [-0.1, -0.05) is 0 Å². The molecule has 0 bridgehead atoms. The van der Waals surface area contributed by atoms with Gasteiger partial charge in [-0.3, -0.25) is 4.79 Å². The molecule has 0 atom stereocenters. The van der Waals surface area contributed by atoms with Crippen molar-refractivity contribution in [3.63, 3.8) is 0 Å². The van der Waals surface area contributed by atoms with Crippen molar-refractivity contribution in [2.45, 2.75) is 6.92 Å². The molecule has 0 amide bonds. The zero-order chi connectivity index (χ0) is 15.0. The Hall–Kier alpha value is -2.50. The Morgan fingerprint density at radius 1 is 1.25 bits per heavy atom. The number of hydrogen-bond acceptors (Lipinski definition) is 4. The molecule has 0 spiro atoms. The summed E-state index contributed by atoms with van der Waals surface area (Å²) in [6.45, 7) is 1.60. The van der Waals surface area contributed by atoms with Crippen molar-refractivity contribution in [3.05, 3.63) is 33.6 Å². The quantitative estimate of drug-likeness (QED) is 0.921. The largest absolute Gasteiger partial charge is 0.497 e. The Kier molecular flexibility index (Phi) is 3.40. The van der Waals surface area contributed by atoms with E-state index in [9.17, 15) is 14.7 Å². The molecule has 0 aliphatic carbocycles. The first-order valence-corrected chi connectivity index (χ1v) is 5.91. The van der Waals surface area contributed by atoms with Crippen LogP contribution in [0.25, 0.3) is 10.9 Å². The number of carboxylic acids is 1. The van der Waals surface area contributed by atoms with E-state index in [1.54, 1.807) is 19.1 Å². The maximum absolute atomic E-state index is 12.1. The molecule has 2 aromatic rings. The summed E-state index contributed by atoms with van der Waals surface area (Å²) in [7, 11) is 4.52. The molecule has 0 unspecified atom stereocenters. The minimum Gasteiger partial charge on any atom is -0.497 e. The SMILES string of the molecule is COc1cc(OC)c2c(C)c(C(=O)O)c(=O)n(C)c2c1. The monoisotopic (exact) mass is 277 g/mol. The number of methoxy groups -OCH3 is 2. The van der Waals surface area contributed by atoms with Gasteiger partial charge in [0.1, 0.15) is 17.1 Å². The van der Waals surface area contributed by atoms with Gasteiger partial charge in [-0.2, -0.15) is 0 Å².